The summed E-state index contributed by atoms with van der Waals surface area (Å²) in [6.07, 6.45) is 5.03. The van der Waals surface area contributed by atoms with Crippen LogP contribution in [0.15, 0.2) is 30.5 Å². The number of rotatable bonds is 7. The normalized spacial score (nSPS) is 16.1. The van der Waals surface area contributed by atoms with Gasteiger partial charge >= 0.3 is 0 Å². The SMILES string of the molecule is Cc1nc2c(F)cc(-c3nc(Nc4ccc(C(=O)N5CCC(NC6CC6)CC5)c(F)n4)ncc3F)cc2n1C(C)C. The Morgan fingerprint density at radius 2 is 1.71 bits per heavy atom. The zero-order valence-corrected chi connectivity index (χ0v) is 23.1. The van der Waals surface area contributed by atoms with E-state index < -0.39 is 23.5 Å². The quantitative estimate of drug-likeness (QED) is 0.294. The number of halogens is 3. The molecule has 1 aliphatic carbocycles. The van der Waals surface area contributed by atoms with Crippen molar-refractivity contribution in [1.29, 1.82) is 0 Å². The molecule has 3 aromatic heterocycles. The zero-order chi connectivity index (χ0) is 28.8. The van der Waals surface area contributed by atoms with E-state index in [0.717, 1.165) is 19.0 Å². The zero-order valence-electron chi connectivity index (χ0n) is 23.1. The molecule has 1 aromatic carbocycles. The number of carbonyl (C=O) groups is 1. The lowest BCUT2D eigenvalue weighted by molar-refractivity contribution is 0.0699. The fourth-order valence-electron chi connectivity index (χ4n) is 5.47. The van der Waals surface area contributed by atoms with E-state index in [4.69, 9.17) is 0 Å². The first-order valence-electron chi connectivity index (χ1n) is 13.9. The van der Waals surface area contributed by atoms with E-state index in [2.05, 4.69) is 30.6 Å². The van der Waals surface area contributed by atoms with Crippen LogP contribution in [-0.4, -0.2) is 60.5 Å². The summed E-state index contributed by atoms with van der Waals surface area (Å²) < 4.78 is 46.6. The first-order valence-corrected chi connectivity index (χ1v) is 13.9. The maximum Gasteiger partial charge on any atom is 0.258 e. The average molecular weight is 565 g/mol. The highest BCUT2D eigenvalue weighted by molar-refractivity contribution is 5.94. The Labute approximate surface area is 235 Å². The summed E-state index contributed by atoms with van der Waals surface area (Å²) >= 11 is 0. The second-order valence-electron chi connectivity index (χ2n) is 11.0. The van der Waals surface area contributed by atoms with Crippen molar-refractivity contribution in [1.82, 2.24) is 34.7 Å². The van der Waals surface area contributed by atoms with E-state index in [1.165, 1.54) is 31.0 Å². The Morgan fingerprint density at radius 1 is 0.976 bits per heavy atom. The van der Waals surface area contributed by atoms with Gasteiger partial charge in [0.15, 0.2) is 11.6 Å². The minimum absolute atomic E-state index is 0.00844. The third-order valence-corrected chi connectivity index (χ3v) is 7.61. The molecule has 1 aliphatic heterocycles. The largest absolute Gasteiger partial charge is 0.338 e. The van der Waals surface area contributed by atoms with E-state index in [9.17, 15) is 18.0 Å². The third kappa shape index (κ3) is 5.48. The lowest BCUT2D eigenvalue weighted by atomic mass is 10.0. The van der Waals surface area contributed by atoms with E-state index in [-0.39, 0.29) is 40.1 Å². The highest BCUT2D eigenvalue weighted by Gasteiger charge is 2.30. The number of nitrogens with zero attached hydrogens (tertiary/aromatic N) is 6. The predicted molar refractivity (Wildman–Crippen MR) is 148 cm³/mol. The molecule has 4 aromatic rings. The monoisotopic (exact) mass is 564 g/mol. The molecule has 4 heterocycles. The number of aryl methyl sites for hydroxylation is 1. The number of anilines is 2. The molecule has 41 heavy (non-hydrogen) atoms. The number of carbonyl (C=O) groups excluding carboxylic acids is 1. The van der Waals surface area contributed by atoms with Gasteiger partial charge in [0.2, 0.25) is 11.9 Å². The number of aromatic nitrogens is 5. The van der Waals surface area contributed by atoms with Gasteiger partial charge in [0.25, 0.3) is 5.91 Å². The van der Waals surface area contributed by atoms with Gasteiger partial charge in [-0.1, -0.05) is 0 Å². The highest BCUT2D eigenvalue weighted by atomic mass is 19.1. The van der Waals surface area contributed by atoms with E-state index in [0.29, 0.717) is 36.5 Å². The van der Waals surface area contributed by atoms with Gasteiger partial charge in [-0.3, -0.25) is 4.79 Å². The number of benzene rings is 1. The van der Waals surface area contributed by atoms with Crippen LogP contribution in [0.5, 0.6) is 0 Å². The molecule has 1 saturated heterocycles. The molecule has 0 atom stereocenters. The van der Waals surface area contributed by atoms with Gasteiger partial charge in [-0.05, 0) is 70.7 Å². The first kappa shape index (κ1) is 27.1. The van der Waals surface area contributed by atoms with Crippen LogP contribution < -0.4 is 10.6 Å². The fraction of sp³-hybridized carbons (Fsp3) is 0.414. The molecule has 2 N–H and O–H groups in total. The number of hydrogen-bond acceptors (Lipinski definition) is 7. The number of nitrogens with one attached hydrogen (secondary N) is 2. The van der Waals surface area contributed by atoms with Crippen molar-refractivity contribution in [2.24, 2.45) is 0 Å². The molecule has 0 spiro atoms. The van der Waals surface area contributed by atoms with Gasteiger partial charge in [0, 0.05) is 36.8 Å². The van der Waals surface area contributed by atoms with Gasteiger partial charge in [-0.25, -0.2) is 28.7 Å². The molecule has 1 amide bonds. The Hall–Kier alpha value is -4.06. The molecule has 0 radical (unpaired) electrons. The summed E-state index contributed by atoms with van der Waals surface area (Å²) in [6.45, 7) is 6.79. The second-order valence-corrected chi connectivity index (χ2v) is 11.0. The molecule has 2 fully saturated rings. The minimum atomic E-state index is -0.926. The molecular weight excluding hydrogens is 533 g/mol. The van der Waals surface area contributed by atoms with Crippen LogP contribution in [0.25, 0.3) is 22.3 Å². The lowest BCUT2D eigenvalue weighted by Gasteiger charge is -2.32. The number of amides is 1. The maximum atomic E-state index is 15.0. The number of piperidine rings is 1. The topological polar surface area (TPSA) is 101 Å². The van der Waals surface area contributed by atoms with Crippen molar-refractivity contribution < 1.29 is 18.0 Å². The molecular formula is C29H31F3N8O. The van der Waals surface area contributed by atoms with Crippen LogP contribution in [0.3, 0.4) is 0 Å². The van der Waals surface area contributed by atoms with Crippen LogP contribution in [-0.2, 0) is 0 Å². The molecule has 2 aliphatic rings. The minimum Gasteiger partial charge on any atom is -0.338 e. The summed E-state index contributed by atoms with van der Waals surface area (Å²) in [5.41, 5.74) is 0.666. The van der Waals surface area contributed by atoms with Crippen molar-refractivity contribution >= 4 is 28.7 Å². The molecule has 6 rings (SSSR count). The molecule has 12 heteroatoms. The number of likely N-dealkylation sites (tertiary alicyclic amines) is 1. The Balaban J connectivity index is 1.20. The van der Waals surface area contributed by atoms with E-state index >= 15 is 0 Å². The summed E-state index contributed by atoms with van der Waals surface area (Å²) in [7, 11) is 0. The smallest absolute Gasteiger partial charge is 0.258 e. The highest BCUT2D eigenvalue weighted by Crippen LogP contribution is 2.30. The molecule has 0 bridgehead atoms. The van der Waals surface area contributed by atoms with E-state index in [1.807, 2.05) is 18.4 Å². The summed E-state index contributed by atoms with van der Waals surface area (Å²) in [6, 6.07) is 6.63. The number of hydrogen-bond donors (Lipinski definition) is 2. The Bertz CT molecular complexity index is 1630. The van der Waals surface area contributed by atoms with Crippen molar-refractivity contribution in [3.63, 3.8) is 0 Å². The van der Waals surface area contributed by atoms with Crippen LogP contribution in [0, 0.1) is 24.5 Å². The Morgan fingerprint density at radius 3 is 2.39 bits per heavy atom. The van der Waals surface area contributed by atoms with Crippen molar-refractivity contribution in [2.45, 2.75) is 64.6 Å². The first-order chi connectivity index (χ1) is 19.7. The molecule has 214 valence electrons. The second kappa shape index (κ2) is 10.7. The predicted octanol–water partition coefficient (Wildman–Crippen LogP) is 5.30. The van der Waals surface area contributed by atoms with Gasteiger partial charge in [0.1, 0.15) is 22.9 Å². The third-order valence-electron chi connectivity index (χ3n) is 7.61. The fourth-order valence-corrected chi connectivity index (χ4v) is 5.47. The van der Waals surface area contributed by atoms with E-state index in [1.54, 1.807) is 17.9 Å². The summed E-state index contributed by atoms with van der Waals surface area (Å²) in [4.78, 5) is 31.0. The summed E-state index contributed by atoms with van der Waals surface area (Å²) in [5, 5.41) is 6.34. The van der Waals surface area contributed by atoms with Crippen molar-refractivity contribution in [2.75, 3.05) is 18.4 Å². The number of imidazole rings is 1. The number of pyridine rings is 1. The van der Waals surface area contributed by atoms with Crippen LogP contribution in [0.4, 0.5) is 24.9 Å². The van der Waals surface area contributed by atoms with Crippen LogP contribution in [0.2, 0.25) is 0 Å². The van der Waals surface area contributed by atoms with Crippen LogP contribution in [0.1, 0.15) is 61.8 Å². The molecule has 0 unspecified atom stereocenters. The molecule has 1 saturated carbocycles. The number of fused-ring (bicyclic) bond motifs is 1. The van der Waals surface area contributed by atoms with Crippen molar-refractivity contribution in [3.05, 3.63) is 59.4 Å². The van der Waals surface area contributed by atoms with Gasteiger partial charge in [-0.15, -0.1) is 0 Å². The Kier molecular flexibility index (Phi) is 7.10. The van der Waals surface area contributed by atoms with Gasteiger partial charge in [-0.2, -0.15) is 4.39 Å². The summed E-state index contributed by atoms with van der Waals surface area (Å²) in [5.74, 6) is -2.06. The van der Waals surface area contributed by atoms with Gasteiger partial charge < -0.3 is 20.1 Å². The molecule has 9 nitrogen and oxygen atoms in total. The standard InChI is InChI=1S/C29H31F3N8O/c1-15(2)40-16(3)34-26-21(30)12-17(13-23(26)40)25-22(31)14-33-29(38-25)37-24-7-6-20(27(32)36-24)28(41)39-10-8-19(9-11-39)35-18-4-5-18/h6-7,12-15,18-19,35H,4-5,8-11H2,1-3H3,(H,33,36,37,38). The van der Waals surface area contributed by atoms with Crippen molar-refractivity contribution in [3.8, 4) is 11.3 Å². The van der Waals surface area contributed by atoms with Crippen LogP contribution >= 0.6 is 0 Å². The maximum absolute atomic E-state index is 15.0. The van der Waals surface area contributed by atoms with Gasteiger partial charge in [0.05, 0.1) is 17.3 Å². The average Bonchev–Trinajstić information content (AvgIpc) is 3.68. The lowest BCUT2D eigenvalue weighted by Crippen LogP contribution is -2.45.